The molecule has 1 saturated carbocycles. The zero-order chi connectivity index (χ0) is 22.6. The molecule has 1 fully saturated rings. The molecule has 0 aliphatic heterocycles. The number of nitrogens with zero attached hydrogens (tertiary/aromatic N) is 1. The summed E-state index contributed by atoms with van der Waals surface area (Å²) in [6, 6.07) is 10.2. The van der Waals surface area contributed by atoms with E-state index in [0.717, 1.165) is 18.2 Å². The first-order valence-electron chi connectivity index (χ1n) is 10.1. The smallest absolute Gasteiger partial charge is 0.306 e. The zero-order valence-electron chi connectivity index (χ0n) is 17.1. The number of rotatable bonds is 6. The van der Waals surface area contributed by atoms with Gasteiger partial charge in [0, 0.05) is 12.0 Å². The zero-order valence-corrected chi connectivity index (χ0v) is 17.9. The fraction of sp³-hybridized carbons (Fsp3) is 0.391. The van der Waals surface area contributed by atoms with Gasteiger partial charge in [0.15, 0.2) is 9.84 Å². The molecule has 0 unspecified atom stereocenters. The van der Waals surface area contributed by atoms with Crippen LogP contribution < -0.4 is 0 Å². The third-order valence-corrected chi connectivity index (χ3v) is 8.45. The van der Waals surface area contributed by atoms with E-state index < -0.39 is 26.2 Å². The number of benzene rings is 2. The molecule has 3 rings (SSSR count). The molecule has 2 aromatic carbocycles. The van der Waals surface area contributed by atoms with Crippen molar-refractivity contribution in [3.05, 3.63) is 65.2 Å². The predicted molar refractivity (Wildman–Crippen MR) is 110 cm³/mol. The number of carbonyl (C=O) groups is 1. The van der Waals surface area contributed by atoms with Crippen LogP contribution in [0.2, 0.25) is 0 Å². The highest BCUT2D eigenvalue weighted by Crippen LogP contribution is 2.49. The van der Waals surface area contributed by atoms with Crippen molar-refractivity contribution >= 4 is 15.8 Å². The number of sulfone groups is 1. The molecule has 1 aliphatic carbocycles. The Morgan fingerprint density at radius 1 is 1.16 bits per heavy atom. The lowest BCUT2D eigenvalue weighted by Gasteiger charge is -2.40. The Bertz CT molecular complexity index is 1100. The van der Waals surface area contributed by atoms with Crippen LogP contribution in [0.1, 0.15) is 50.2 Å². The molecule has 0 atom stereocenters. The maximum Gasteiger partial charge on any atom is 0.306 e. The summed E-state index contributed by atoms with van der Waals surface area (Å²) in [5.41, 5.74) is 0.0922. The number of hydrogen-bond donors (Lipinski definition) is 0. The van der Waals surface area contributed by atoms with Gasteiger partial charge in [0.2, 0.25) is 0 Å². The second-order valence-electron chi connectivity index (χ2n) is 7.71. The van der Waals surface area contributed by atoms with Crippen LogP contribution in [0.4, 0.5) is 8.78 Å². The maximum atomic E-state index is 14.8. The van der Waals surface area contributed by atoms with Gasteiger partial charge in [0.25, 0.3) is 0 Å². The summed E-state index contributed by atoms with van der Waals surface area (Å²) >= 11 is 0. The van der Waals surface area contributed by atoms with Crippen LogP contribution in [0.25, 0.3) is 0 Å². The normalized spacial score (nSPS) is 21.3. The van der Waals surface area contributed by atoms with E-state index in [-0.39, 0.29) is 48.2 Å². The van der Waals surface area contributed by atoms with Gasteiger partial charge in [-0.2, -0.15) is 5.26 Å². The third-order valence-electron chi connectivity index (χ3n) is 5.90. The largest absolute Gasteiger partial charge is 0.466 e. The van der Waals surface area contributed by atoms with E-state index in [1.807, 2.05) is 6.07 Å². The van der Waals surface area contributed by atoms with Gasteiger partial charge in [0.1, 0.15) is 16.4 Å². The van der Waals surface area contributed by atoms with Crippen molar-refractivity contribution in [1.29, 1.82) is 5.26 Å². The minimum Gasteiger partial charge on any atom is -0.466 e. The average molecular weight is 448 g/mol. The number of nitriles is 1. The van der Waals surface area contributed by atoms with Gasteiger partial charge in [-0.3, -0.25) is 4.79 Å². The molecule has 0 saturated heterocycles. The summed E-state index contributed by atoms with van der Waals surface area (Å²) in [4.78, 5) is 11.8. The van der Waals surface area contributed by atoms with Crippen molar-refractivity contribution in [2.24, 2.45) is 5.92 Å². The molecule has 164 valence electrons. The van der Waals surface area contributed by atoms with E-state index >= 15 is 0 Å². The maximum absolute atomic E-state index is 14.8. The fourth-order valence-corrected chi connectivity index (χ4v) is 6.43. The van der Waals surface area contributed by atoms with E-state index in [0.29, 0.717) is 18.4 Å². The van der Waals surface area contributed by atoms with Gasteiger partial charge in [0.05, 0.1) is 23.1 Å². The van der Waals surface area contributed by atoms with Crippen molar-refractivity contribution in [2.45, 2.75) is 48.7 Å². The molecule has 1 aliphatic rings. The molecule has 2 aromatic rings. The van der Waals surface area contributed by atoms with Crippen LogP contribution >= 0.6 is 0 Å². The predicted octanol–water partition coefficient (Wildman–Crippen LogP) is 4.65. The molecule has 0 aromatic heterocycles. The SMILES string of the molecule is CCOC(=O)CC1CCC(c2cc(F)ccc2F)(S(=O)(=O)c2ccc(C#N)cc2)CC1. The van der Waals surface area contributed by atoms with Crippen LogP contribution in [0.15, 0.2) is 47.4 Å². The highest BCUT2D eigenvalue weighted by atomic mass is 32.2. The van der Waals surface area contributed by atoms with Crippen molar-refractivity contribution < 1.29 is 26.7 Å². The van der Waals surface area contributed by atoms with Crippen molar-refractivity contribution in [1.82, 2.24) is 0 Å². The Morgan fingerprint density at radius 2 is 1.81 bits per heavy atom. The second kappa shape index (κ2) is 9.15. The Morgan fingerprint density at radius 3 is 2.39 bits per heavy atom. The Labute approximate surface area is 180 Å². The van der Waals surface area contributed by atoms with Gasteiger partial charge in [-0.25, -0.2) is 17.2 Å². The fourth-order valence-electron chi connectivity index (χ4n) is 4.27. The molecule has 0 spiro atoms. The first-order chi connectivity index (χ1) is 14.7. The summed E-state index contributed by atoms with van der Waals surface area (Å²) in [5.74, 6) is -1.96. The number of hydrogen-bond acceptors (Lipinski definition) is 5. The van der Waals surface area contributed by atoms with Crippen LogP contribution in [-0.4, -0.2) is 21.0 Å². The number of carbonyl (C=O) groups excluding carboxylic acids is 1. The molecule has 0 bridgehead atoms. The van der Waals surface area contributed by atoms with E-state index in [1.54, 1.807) is 6.92 Å². The van der Waals surface area contributed by atoms with Gasteiger partial charge < -0.3 is 4.74 Å². The standard InChI is InChI=1S/C23H23F2NO4S/c1-2-30-22(27)13-16-9-11-23(12-10-16,20-14-18(24)5-8-21(20)25)31(28,29)19-6-3-17(15-26)4-7-19/h3-8,14,16H,2,9-13H2,1H3. The highest BCUT2D eigenvalue weighted by Gasteiger charge is 2.50. The summed E-state index contributed by atoms with van der Waals surface area (Å²) in [6.07, 6.45) is 0.945. The molecule has 8 heteroatoms. The molecule has 0 amide bonds. The summed E-state index contributed by atoms with van der Waals surface area (Å²) in [7, 11) is -4.14. The molecule has 5 nitrogen and oxygen atoms in total. The lowest BCUT2D eigenvalue weighted by molar-refractivity contribution is -0.144. The first kappa shape index (κ1) is 22.9. The van der Waals surface area contributed by atoms with Gasteiger partial charge in [-0.05, 0) is 81.0 Å². The molecule has 31 heavy (non-hydrogen) atoms. The van der Waals surface area contributed by atoms with Crippen LogP contribution in [0, 0.1) is 28.9 Å². The average Bonchev–Trinajstić information content (AvgIpc) is 2.76. The van der Waals surface area contributed by atoms with Gasteiger partial charge in [-0.15, -0.1) is 0 Å². The van der Waals surface area contributed by atoms with Crippen LogP contribution in [-0.2, 0) is 24.1 Å². The Hall–Kier alpha value is -2.79. The molecular formula is C23H23F2NO4S. The van der Waals surface area contributed by atoms with Crippen LogP contribution in [0.5, 0.6) is 0 Å². The van der Waals surface area contributed by atoms with Crippen molar-refractivity contribution in [3.63, 3.8) is 0 Å². The lowest BCUT2D eigenvalue weighted by atomic mass is 9.76. The topological polar surface area (TPSA) is 84.2 Å². The monoisotopic (exact) mass is 447 g/mol. The minimum atomic E-state index is -4.14. The summed E-state index contributed by atoms with van der Waals surface area (Å²) in [5, 5.41) is 8.99. The molecule has 0 radical (unpaired) electrons. The van der Waals surface area contributed by atoms with E-state index in [2.05, 4.69) is 0 Å². The first-order valence-corrected chi connectivity index (χ1v) is 11.6. The quantitative estimate of drug-likeness (QED) is 0.602. The van der Waals surface area contributed by atoms with Crippen molar-refractivity contribution in [2.75, 3.05) is 6.61 Å². The second-order valence-corrected chi connectivity index (χ2v) is 9.97. The van der Waals surface area contributed by atoms with Gasteiger partial charge >= 0.3 is 5.97 Å². The van der Waals surface area contributed by atoms with E-state index in [4.69, 9.17) is 10.00 Å². The number of ether oxygens (including phenoxy) is 1. The highest BCUT2D eigenvalue weighted by molar-refractivity contribution is 7.92. The van der Waals surface area contributed by atoms with E-state index in [1.165, 1.54) is 24.3 Å². The molecule has 0 N–H and O–H groups in total. The lowest BCUT2D eigenvalue weighted by Crippen LogP contribution is -2.41. The minimum absolute atomic E-state index is 0.0414. The Kier molecular flexibility index (Phi) is 6.75. The van der Waals surface area contributed by atoms with E-state index in [9.17, 15) is 22.0 Å². The summed E-state index contributed by atoms with van der Waals surface area (Å²) in [6.45, 7) is 1.97. The van der Waals surface area contributed by atoms with Crippen LogP contribution in [0.3, 0.4) is 0 Å². The number of halogens is 2. The van der Waals surface area contributed by atoms with Crippen molar-refractivity contribution in [3.8, 4) is 6.07 Å². The third kappa shape index (κ3) is 4.47. The molecular weight excluding hydrogens is 424 g/mol. The van der Waals surface area contributed by atoms with Gasteiger partial charge in [-0.1, -0.05) is 0 Å². The number of esters is 1. The summed E-state index contributed by atoms with van der Waals surface area (Å²) < 4.78 is 59.7. The molecule has 0 heterocycles. The Balaban J connectivity index is 2.03.